The summed E-state index contributed by atoms with van der Waals surface area (Å²) in [5, 5.41) is 0. The molecule has 0 aliphatic carbocycles. The van der Waals surface area contributed by atoms with Crippen LogP contribution in [0.1, 0.15) is 21.6 Å². The predicted octanol–water partition coefficient (Wildman–Crippen LogP) is 2.11. The molecule has 94 valence electrons. The van der Waals surface area contributed by atoms with Gasteiger partial charge in [0.15, 0.2) is 0 Å². The van der Waals surface area contributed by atoms with Gasteiger partial charge in [-0.1, -0.05) is 18.2 Å². The summed E-state index contributed by atoms with van der Waals surface area (Å²) in [6.07, 6.45) is 3.62. The molecule has 1 aromatic carbocycles. The van der Waals surface area contributed by atoms with Gasteiger partial charge in [0.25, 0.3) is 5.91 Å². The minimum absolute atomic E-state index is 0.383. The second-order valence-electron chi connectivity index (χ2n) is 4.26. The molecule has 0 unspecified atom stereocenters. The van der Waals surface area contributed by atoms with E-state index >= 15 is 0 Å². The van der Waals surface area contributed by atoms with Crippen molar-refractivity contribution in [2.75, 3.05) is 6.61 Å². The van der Waals surface area contributed by atoms with Gasteiger partial charge in [-0.3, -0.25) is 9.78 Å². The van der Waals surface area contributed by atoms with Crippen LogP contribution in [0.25, 0.3) is 11.6 Å². The molecule has 19 heavy (non-hydrogen) atoms. The Bertz CT molecular complexity index is 677. The van der Waals surface area contributed by atoms with Crippen molar-refractivity contribution >= 4 is 17.6 Å². The lowest BCUT2D eigenvalue weighted by Gasteiger charge is -2.18. The number of pyridine rings is 1. The highest BCUT2D eigenvalue weighted by molar-refractivity contribution is 5.99. The van der Waals surface area contributed by atoms with Gasteiger partial charge in [0.2, 0.25) is 0 Å². The minimum Gasteiger partial charge on any atom is -0.488 e. The van der Waals surface area contributed by atoms with Gasteiger partial charge in [0.1, 0.15) is 12.4 Å². The van der Waals surface area contributed by atoms with Gasteiger partial charge in [-0.2, -0.15) is 0 Å². The maximum Gasteiger partial charge on any atom is 0.250 e. The number of carbonyl (C=O) groups is 1. The van der Waals surface area contributed by atoms with Crippen LogP contribution in [0.3, 0.4) is 0 Å². The number of carbonyl (C=O) groups excluding carboxylic acids is 1. The summed E-state index contributed by atoms with van der Waals surface area (Å²) in [6.45, 7) is 0.383. The van der Waals surface area contributed by atoms with Crippen LogP contribution in [0.2, 0.25) is 0 Å². The molecule has 1 aliphatic heterocycles. The molecule has 4 heteroatoms. The topological polar surface area (TPSA) is 65.2 Å². The fraction of sp³-hybridized carbons (Fsp3) is 0.0667. The summed E-state index contributed by atoms with van der Waals surface area (Å²) >= 11 is 0. The molecule has 2 heterocycles. The van der Waals surface area contributed by atoms with Gasteiger partial charge in [-0.25, -0.2) is 0 Å². The van der Waals surface area contributed by atoms with Crippen LogP contribution >= 0.6 is 0 Å². The Morgan fingerprint density at radius 1 is 1.21 bits per heavy atom. The number of rotatable bonds is 2. The summed E-state index contributed by atoms with van der Waals surface area (Å²) in [7, 11) is 0. The third-order valence-electron chi connectivity index (χ3n) is 3.01. The summed E-state index contributed by atoms with van der Waals surface area (Å²) in [6, 6.07) is 11.1. The van der Waals surface area contributed by atoms with E-state index in [4.69, 9.17) is 10.5 Å². The zero-order chi connectivity index (χ0) is 13.2. The van der Waals surface area contributed by atoms with Crippen molar-refractivity contribution in [1.29, 1.82) is 0 Å². The molecule has 3 rings (SSSR count). The molecule has 0 fully saturated rings. The summed E-state index contributed by atoms with van der Waals surface area (Å²) < 4.78 is 5.66. The normalized spacial score (nSPS) is 13.2. The number of para-hydroxylation sites is 1. The Labute approximate surface area is 110 Å². The van der Waals surface area contributed by atoms with Crippen molar-refractivity contribution in [1.82, 2.24) is 4.98 Å². The van der Waals surface area contributed by atoms with Crippen LogP contribution in [-0.4, -0.2) is 17.5 Å². The number of benzene rings is 1. The molecule has 1 aliphatic rings. The maximum atomic E-state index is 11.4. The number of hydrogen-bond acceptors (Lipinski definition) is 3. The zero-order valence-electron chi connectivity index (χ0n) is 10.2. The number of amides is 1. The quantitative estimate of drug-likeness (QED) is 0.890. The highest BCUT2D eigenvalue weighted by atomic mass is 16.5. The number of nitrogens with zero attached hydrogens (tertiary/aromatic N) is 1. The van der Waals surface area contributed by atoms with E-state index in [0.717, 1.165) is 16.9 Å². The van der Waals surface area contributed by atoms with Crippen LogP contribution in [0.4, 0.5) is 0 Å². The van der Waals surface area contributed by atoms with Crippen molar-refractivity contribution in [3.8, 4) is 5.75 Å². The molecule has 2 N–H and O–H groups in total. The van der Waals surface area contributed by atoms with Crippen LogP contribution in [-0.2, 0) is 0 Å². The van der Waals surface area contributed by atoms with Crippen molar-refractivity contribution in [2.24, 2.45) is 5.73 Å². The Balaban J connectivity index is 2.10. The minimum atomic E-state index is -0.483. The molecule has 0 saturated heterocycles. The molecule has 0 saturated carbocycles. The monoisotopic (exact) mass is 252 g/mol. The number of hydrogen-bond donors (Lipinski definition) is 1. The summed E-state index contributed by atoms with van der Waals surface area (Å²) in [5.41, 5.74) is 8.20. The molecule has 0 bridgehead atoms. The third kappa shape index (κ3) is 2.08. The fourth-order valence-corrected chi connectivity index (χ4v) is 2.11. The van der Waals surface area contributed by atoms with Gasteiger partial charge in [-0.05, 0) is 24.3 Å². The second-order valence-corrected chi connectivity index (χ2v) is 4.26. The first kappa shape index (κ1) is 11.5. The lowest BCUT2D eigenvalue weighted by atomic mass is 10.0. The average molecular weight is 252 g/mol. The first-order chi connectivity index (χ1) is 9.25. The summed E-state index contributed by atoms with van der Waals surface area (Å²) in [4.78, 5) is 15.7. The molecular formula is C15H12N2O2. The molecule has 1 aromatic heterocycles. The number of ether oxygens (including phenoxy) is 1. The van der Waals surface area contributed by atoms with E-state index in [2.05, 4.69) is 4.98 Å². The van der Waals surface area contributed by atoms with Crippen molar-refractivity contribution in [3.05, 3.63) is 59.4 Å². The van der Waals surface area contributed by atoms with Gasteiger partial charge in [-0.15, -0.1) is 0 Å². The van der Waals surface area contributed by atoms with Crippen molar-refractivity contribution in [2.45, 2.75) is 0 Å². The van der Waals surface area contributed by atoms with Gasteiger partial charge >= 0.3 is 0 Å². The van der Waals surface area contributed by atoms with E-state index in [9.17, 15) is 4.79 Å². The number of aromatic nitrogens is 1. The molecule has 0 spiro atoms. The largest absolute Gasteiger partial charge is 0.488 e. The third-order valence-corrected chi connectivity index (χ3v) is 3.01. The smallest absolute Gasteiger partial charge is 0.250 e. The number of primary amides is 1. The van der Waals surface area contributed by atoms with Crippen LogP contribution in [0, 0.1) is 0 Å². The van der Waals surface area contributed by atoms with E-state index in [1.807, 2.05) is 30.3 Å². The Morgan fingerprint density at radius 3 is 2.89 bits per heavy atom. The van der Waals surface area contributed by atoms with Gasteiger partial charge < -0.3 is 10.5 Å². The van der Waals surface area contributed by atoms with E-state index in [1.54, 1.807) is 18.3 Å². The molecule has 0 atom stereocenters. The predicted molar refractivity (Wildman–Crippen MR) is 72.6 cm³/mol. The molecule has 2 aromatic rings. The van der Waals surface area contributed by atoms with Crippen molar-refractivity contribution in [3.63, 3.8) is 0 Å². The Hall–Kier alpha value is -2.62. The number of fused-ring (bicyclic) bond motifs is 1. The zero-order valence-corrected chi connectivity index (χ0v) is 10.2. The van der Waals surface area contributed by atoms with Gasteiger partial charge in [0, 0.05) is 17.3 Å². The highest BCUT2D eigenvalue weighted by Gasteiger charge is 2.17. The Kier molecular flexibility index (Phi) is 2.76. The lowest BCUT2D eigenvalue weighted by Crippen LogP contribution is -2.16. The second kappa shape index (κ2) is 4.57. The van der Waals surface area contributed by atoms with E-state index in [-0.39, 0.29) is 0 Å². The van der Waals surface area contributed by atoms with E-state index < -0.39 is 5.91 Å². The summed E-state index contributed by atoms with van der Waals surface area (Å²) in [5.74, 6) is 0.352. The average Bonchev–Trinajstić information content (AvgIpc) is 2.46. The van der Waals surface area contributed by atoms with Crippen molar-refractivity contribution < 1.29 is 9.53 Å². The van der Waals surface area contributed by atoms with Gasteiger partial charge in [0.05, 0.1) is 11.3 Å². The van der Waals surface area contributed by atoms with Crippen LogP contribution in [0.5, 0.6) is 5.75 Å². The Morgan fingerprint density at radius 2 is 2.05 bits per heavy atom. The number of nitrogens with two attached hydrogens (primary N) is 1. The molecule has 4 nitrogen and oxygen atoms in total. The first-order valence-electron chi connectivity index (χ1n) is 5.93. The van der Waals surface area contributed by atoms with Crippen LogP contribution < -0.4 is 10.5 Å². The first-order valence-corrected chi connectivity index (χ1v) is 5.93. The SMILES string of the molecule is NC(=O)c1cccnc1C1=Cc2ccccc2OC1. The molecular weight excluding hydrogens is 240 g/mol. The standard InChI is InChI=1S/C15H12N2O2/c16-15(18)12-5-3-7-17-14(12)11-8-10-4-1-2-6-13(10)19-9-11/h1-8H,9H2,(H2,16,18). The van der Waals surface area contributed by atoms with Crippen LogP contribution in [0.15, 0.2) is 42.6 Å². The maximum absolute atomic E-state index is 11.4. The van der Waals surface area contributed by atoms with E-state index in [1.165, 1.54) is 0 Å². The molecule has 0 radical (unpaired) electrons. The lowest BCUT2D eigenvalue weighted by molar-refractivity contribution is 0.0999. The highest BCUT2D eigenvalue weighted by Crippen LogP contribution is 2.30. The fourth-order valence-electron chi connectivity index (χ4n) is 2.11. The molecule has 1 amide bonds. The van der Waals surface area contributed by atoms with E-state index in [0.29, 0.717) is 17.9 Å².